The van der Waals surface area contributed by atoms with Gasteiger partial charge in [-0.2, -0.15) is 0 Å². The zero-order chi connectivity index (χ0) is 11.5. The van der Waals surface area contributed by atoms with Crippen LogP contribution in [0, 0.1) is 11.3 Å². The van der Waals surface area contributed by atoms with Crippen LogP contribution < -0.4 is 0 Å². The third-order valence-corrected chi connectivity index (χ3v) is 2.89. The molecule has 0 aromatic heterocycles. The molecule has 0 saturated carbocycles. The Bertz CT molecular complexity index is 191. The van der Waals surface area contributed by atoms with Crippen LogP contribution in [0.2, 0.25) is 0 Å². The lowest BCUT2D eigenvalue weighted by molar-refractivity contribution is -0.127. The number of carbonyl (C=O) groups is 1. The average Bonchev–Trinajstić information content (AvgIpc) is 2.00. The highest BCUT2D eigenvalue weighted by Gasteiger charge is 2.24. The van der Waals surface area contributed by atoms with Crippen LogP contribution in [-0.2, 0) is 4.79 Å². The molecular formula is C12H25NO. The Morgan fingerprint density at radius 1 is 1.21 bits per heavy atom. The normalized spacial score (nSPS) is 14.9. The highest BCUT2D eigenvalue weighted by molar-refractivity contribution is 5.85. The molecule has 0 aromatic rings. The predicted molar refractivity (Wildman–Crippen MR) is 61.4 cm³/mol. The van der Waals surface area contributed by atoms with Crippen molar-refractivity contribution in [1.29, 1.82) is 0 Å². The van der Waals surface area contributed by atoms with Crippen LogP contribution in [-0.4, -0.2) is 30.3 Å². The molecule has 2 heteroatoms. The van der Waals surface area contributed by atoms with E-state index in [9.17, 15) is 4.79 Å². The first-order valence-corrected chi connectivity index (χ1v) is 5.39. The number of likely N-dealkylation sites (N-methyl/N-ethyl adjacent to an activating group) is 1. The Hall–Kier alpha value is -0.370. The minimum absolute atomic E-state index is 0.217. The van der Waals surface area contributed by atoms with Gasteiger partial charge in [0.05, 0.1) is 6.54 Å². The van der Waals surface area contributed by atoms with Crippen LogP contribution in [0.1, 0.15) is 41.5 Å². The van der Waals surface area contributed by atoms with Gasteiger partial charge in [-0.3, -0.25) is 9.69 Å². The van der Waals surface area contributed by atoms with E-state index < -0.39 is 0 Å². The summed E-state index contributed by atoms with van der Waals surface area (Å²) < 4.78 is 0. The van der Waals surface area contributed by atoms with Gasteiger partial charge in [0.2, 0.25) is 0 Å². The molecule has 0 aliphatic carbocycles. The number of ketones is 1. The molecule has 84 valence electrons. The molecule has 0 bridgehead atoms. The molecule has 0 N–H and O–H groups in total. The molecule has 14 heavy (non-hydrogen) atoms. The highest BCUT2D eigenvalue weighted by atomic mass is 16.1. The molecular weight excluding hydrogens is 174 g/mol. The van der Waals surface area contributed by atoms with Gasteiger partial charge in [-0.25, -0.2) is 0 Å². The SMILES string of the molecule is CC(C)C(C)N(C)CC(=O)C(C)(C)C. The largest absolute Gasteiger partial charge is 0.298 e. The van der Waals surface area contributed by atoms with Gasteiger partial charge in [0.15, 0.2) is 5.78 Å². The second kappa shape index (κ2) is 4.92. The molecule has 0 saturated heterocycles. The highest BCUT2D eigenvalue weighted by Crippen LogP contribution is 2.16. The Balaban J connectivity index is 4.20. The summed E-state index contributed by atoms with van der Waals surface area (Å²) in [6.07, 6.45) is 0. The summed E-state index contributed by atoms with van der Waals surface area (Å²) in [6, 6.07) is 0.460. The molecule has 0 heterocycles. The summed E-state index contributed by atoms with van der Waals surface area (Å²) in [5.74, 6) is 0.903. The van der Waals surface area contributed by atoms with E-state index in [4.69, 9.17) is 0 Å². The number of hydrogen-bond donors (Lipinski definition) is 0. The Morgan fingerprint density at radius 3 is 1.93 bits per heavy atom. The molecule has 0 amide bonds. The fourth-order valence-electron chi connectivity index (χ4n) is 1.12. The van der Waals surface area contributed by atoms with Gasteiger partial charge >= 0.3 is 0 Å². The van der Waals surface area contributed by atoms with Crippen LogP contribution >= 0.6 is 0 Å². The van der Waals surface area contributed by atoms with E-state index in [0.29, 0.717) is 24.3 Å². The van der Waals surface area contributed by atoms with Gasteiger partial charge in [0.25, 0.3) is 0 Å². The number of carbonyl (C=O) groups excluding carboxylic acids is 1. The van der Waals surface area contributed by atoms with Crippen molar-refractivity contribution in [2.45, 2.75) is 47.6 Å². The molecule has 2 nitrogen and oxygen atoms in total. The molecule has 0 spiro atoms. The maximum absolute atomic E-state index is 11.8. The molecule has 0 aliphatic heterocycles. The van der Waals surface area contributed by atoms with E-state index in [-0.39, 0.29) is 5.41 Å². The Morgan fingerprint density at radius 2 is 1.64 bits per heavy atom. The smallest absolute Gasteiger partial charge is 0.152 e. The average molecular weight is 199 g/mol. The summed E-state index contributed by atoms with van der Waals surface area (Å²) in [5, 5.41) is 0. The van der Waals surface area contributed by atoms with Crippen molar-refractivity contribution in [3.8, 4) is 0 Å². The summed E-state index contributed by atoms with van der Waals surface area (Å²) >= 11 is 0. The zero-order valence-electron chi connectivity index (χ0n) is 10.7. The van der Waals surface area contributed by atoms with Gasteiger partial charge in [-0.1, -0.05) is 34.6 Å². The third kappa shape index (κ3) is 4.23. The Labute approximate surface area is 88.7 Å². The van der Waals surface area contributed by atoms with E-state index in [1.54, 1.807) is 0 Å². The van der Waals surface area contributed by atoms with Crippen molar-refractivity contribution in [2.75, 3.05) is 13.6 Å². The molecule has 0 rings (SSSR count). The summed E-state index contributed by atoms with van der Waals surface area (Å²) in [4.78, 5) is 13.9. The number of nitrogens with zero attached hydrogens (tertiary/aromatic N) is 1. The number of rotatable bonds is 4. The van der Waals surface area contributed by atoms with Crippen molar-refractivity contribution < 1.29 is 4.79 Å². The molecule has 1 unspecified atom stereocenters. The molecule has 0 radical (unpaired) electrons. The fraction of sp³-hybridized carbons (Fsp3) is 0.917. The minimum atomic E-state index is -0.217. The first kappa shape index (κ1) is 13.6. The lowest BCUT2D eigenvalue weighted by Gasteiger charge is -2.29. The second-order valence-corrected chi connectivity index (χ2v) is 5.57. The second-order valence-electron chi connectivity index (χ2n) is 5.57. The van der Waals surface area contributed by atoms with Gasteiger partial charge in [-0.05, 0) is 19.9 Å². The maximum atomic E-state index is 11.8. The summed E-state index contributed by atoms with van der Waals surface area (Å²) in [7, 11) is 2.02. The molecule has 0 aliphatic rings. The van der Waals surface area contributed by atoms with Crippen molar-refractivity contribution >= 4 is 5.78 Å². The van der Waals surface area contributed by atoms with Crippen LogP contribution in [0.5, 0.6) is 0 Å². The first-order valence-electron chi connectivity index (χ1n) is 5.39. The lowest BCUT2D eigenvalue weighted by atomic mass is 9.90. The van der Waals surface area contributed by atoms with Crippen LogP contribution in [0.15, 0.2) is 0 Å². The van der Waals surface area contributed by atoms with Gasteiger partial charge in [0, 0.05) is 11.5 Å². The summed E-state index contributed by atoms with van der Waals surface area (Å²) in [6.45, 7) is 13.0. The maximum Gasteiger partial charge on any atom is 0.152 e. The third-order valence-electron chi connectivity index (χ3n) is 2.89. The van der Waals surface area contributed by atoms with Crippen molar-refractivity contribution in [1.82, 2.24) is 4.90 Å². The van der Waals surface area contributed by atoms with Crippen molar-refractivity contribution in [3.05, 3.63) is 0 Å². The van der Waals surface area contributed by atoms with E-state index in [0.717, 1.165) is 0 Å². The topological polar surface area (TPSA) is 20.3 Å². The number of Topliss-reactive ketones (excluding diaryl/α,β-unsaturated/α-hetero) is 1. The number of hydrogen-bond acceptors (Lipinski definition) is 2. The zero-order valence-corrected chi connectivity index (χ0v) is 10.7. The van der Waals surface area contributed by atoms with Gasteiger partial charge in [-0.15, -0.1) is 0 Å². The van der Waals surface area contributed by atoms with Gasteiger partial charge in [0.1, 0.15) is 0 Å². The fourth-order valence-corrected chi connectivity index (χ4v) is 1.12. The van der Waals surface area contributed by atoms with E-state index in [1.807, 2.05) is 27.8 Å². The first-order chi connectivity index (χ1) is 6.16. The van der Waals surface area contributed by atoms with Crippen LogP contribution in [0.4, 0.5) is 0 Å². The summed E-state index contributed by atoms with van der Waals surface area (Å²) in [5.41, 5.74) is -0.217. The quantitative estimate of drug-likeness (QED) is 0.693. The standard InChI is InChI=1S/C12H25NO/c1-9(2)10(3)13(7)8-11(14)12(4,5)6/h9-10H,8H2,1-7H3. The van der Waals surface area contributed by atoms with Crippen LogP contribution in [0.3, 0.4) is 0 Å². The molecule has 0 fully saturated rings. The molecule has 0 aromatic carbocycles. The van der Waals surface area contributed by atoms with Crippen molar-refractivity contribution in [3.63, 3.8) is 0 Å². The van der Waals surface area contributed by atoms with Gasteiger partial charge < -0.3 is 0 Å². The monoisotopic (exact) mass is 199 g/mol. The molecule has 1 atom stereocenters. The van der Waals surface area contributed by atoms with E-state index in [2.05, 4.69) is 25.7 Å². The van der Waals surface area contributed by atoms with Crippen LogP contribution in [0.25, 0.3) is 0 Å². The lowest BCUT2D eigenvalue weighted by Crippen LogP contribution is -2.40. The Kier molecular flexibility index (Phi) is 4.79. The van der Waals surface area contributed by atoms with E-state index in [1.165, 1.54) is 0 Å². The predicted octanol–water partition coefficient (Wildman–Crippen LogP) is 2.58. The van der Waals surface area contributed by atoms with Crippen molar-refractivity contribution in [2.24, 2.45) is 11.3 Å². The minimum Gasteiger partial charge on any atom is -0.298 e. The van der Waals surface area contributed by atoms with E-state index >= 15 is 0 Å².